The number of rotatable bonds is 3. The minimum absolute atomic E-state index is 0.264. The molecule has 0 spiro atoms. The molecule has 3 N–H and O–H groups in total. The zero-order valence-electron chi connectivity index (χ0n) is 11.7. The van der Waals surface area contributed by atoms with Crippen LogP contribution in [-0.4, -0.2) is 47.3 Å². The molecule has 0 amide bonds. The van der Waals surface area contributed by atoms with Crippen LogP contribution in [0.2, 0.25) is 0 Å². The number of nitrogens with zero attached hydrogens (tertiary/aromatic N) is 4. The van der Waals surface area contributed by atoms with Gasteiger partial charge in [-0.15, -0.1) is 0 Å². The summed E-state index contributed by atoms with van der Waals surface area (Å²) in [6.07, 6.45) is 5.79. The maximum absolute atomic E-state index is 5.81. The van der Waals surface area contributed by atoms with Crippen LogP contribution in [-0.2, 0) is 4.74 Å². The van der Waals surface area contributed by atoms with Gasteiger partial charge in [-0.2, -0.15) is 15.0 Å². The molecule has 1 atom stereocenters. The van der Waals surface area contributed by atoms with Crippen molar-refractivity contribution >= 4 is 17.8 Å². The quantitative estimate of drug-likeness (QED) is 0.853. The van der Waals surface area contributed by atoms with Crippen molar-refractivity contribution in [3.63, 3.8) is 0 Å². The predicted octanol–water partition coefficient (Wildman–Crippen LogP) is 1.03. The number of aromatic nitrogens is 3. The van der Waals surface area contributed by atoms with E-state index in [-0.39, 0.29) is 12.0 Å². The number of anilines is 3. The van der Waals surface area contributed by atoms with Gasteiger partial charge in [0, 0.05) is 19.7 Å². The van der Waals surface area contributed by atoms with E-state index in [0.29, 0.717) is 18.5 Å². The van der Waals surface area contributed by atoms with E-state index in [2.05, 4.69) is 25.2 Å². The van der Waals surface area contributed by atoms with E-state index < -0.39 is 0 Å². The molecular weight excluding hydrogens is 256 g/mol. The Morgan fingerprint density at radius 2 is 1.95 bits per heavy atom. The highest BCUT2D eigenvalue weighted by atomic mass is 16.5. The molecule has 1 aromatic rings. The normalized spacial score (nSPS) is 23.6. The summed E-state index contributed by atoms with van der Waals surface area (Å²) >= 11 is 0. The van der Waals surface area contributed by atoms with Crippen molar-refractivity contribution in [2.24, 2.45) is 0 Å². The fourth-order valence-electron chi connectivity index (χ4n) is 2.72. The van der Waals surface area contributed by atoms with Crippen LogP contribution >= 0.6 is 0 Å². The molecule has 2 aliphatic heterocycles. The fraction of sp³-hybridized carbons (Fsp3) is 0.769. The van der Waals surface area contributed by atoms with Gasteiger partial charge in [0.1, 0.15) is 0 Å². The van der Waals surface area contributed by atoms with Crippen molar-refractivity contribution in [2.75, 3.05) is 42.3 Å². The van der Waals surface area contributed by atoms with E-state index in [4.69, 9.17) is 10.5 Å². The van der Waals surface area contributed by atoms with Gasteiger partial charge >= 0.3 is 0 Å². The largest absolute Gasteiger partial charge is 0.379 e. The summed E-state index contributed by atoms with van der Waals surface area (Å²) in [6, 6.07) is 0.264. The molecule has 3 rings (SSSR count). The van der Waals surface area contributed by atoms with Crippen LogP contribution < -0.4 is 16.0 Å². The minimum atomic E-state index is 0.264. The Hall–Kier alpha value is -1.63. The molecule has 7 nitrogen and oxygen atoms in total. The van der Waals surface area contributed by atoms with Gasteiger partial charge in [0.25, 0.3) is 0 Å². The van der Waals surface area contributed by atoms with Gasteiger partial charge in [-0.25, -0.2) is 0 Å². The van der Waals surface area contributed by atoms with E-state index in [1.54, 1.807) is 0 Å². The summed E-state index contributed by atoms with van der Waals surface area (Å²) in [5, 5.41) is 3.31. The zero-order valence-corrected chi connectivity index (χ0v) is 11.7. The molecule has 7 heteroatoms. The summed E-state index contributed by atoms with van der Waals surface area (Å²) in [7, 11) is 0. The Balaban J connectivity index is 1.71. The third-order valence-corrected chi connectivity index (χ3v) is 3.77. The summed E-state index contributed by atoms with van der Waals surface area (Å²) in [4.78, 5) is 15.1. The number of hydrogen-bond donors (Lipinski definition) is 2. The maximum Gasteiger partial charge on any atom is 0.231 e. The van der Waals surface area contributed by atoms with Crippen LogP contribution in [0.15, 0.2) is 0 Å². The number of piperidine rings is 1. The van der Waals surface area contributed by atoms with E-state index in [9.17, 15) is 0 Å². The molecule has 1 unspecified atom stereocenters. The molecule has 1 aromatic heterocycles. The molecule has 3 heterocycles. The number of hydrogen-bond acceptors (Lipinski definition) is 7. The smallest absolute Gasteiger partial charge is 0.231 e. The lowest BCUT2D eigenvalue weighted by atomic mass is 10.1. The van der Waals surface area contributed by atoms with Gasteiger partial charge in [0.15, 0.2) is 0 Å². The highest BCUT2D eigenvalue weighted by Crippen LogP contribution is 2.18. The van der Waals surface area contributed by atoms with Crippen molar-refractivity contribution in [3.8, 4) is 0 Å². The molecular formula is C13H22N6O. The van der Waals surface area contributed by atoms with Crippen LogP contribution in [0.25, 0.3) is 0 Å². The Labute approximate surface area is 118 Å². The molecule has 2 fully saturated rings. The van der Waals surface area contributed by atoms with Crippen molar-refractivity contribution in [3.05, 3.63) is 0 Å². The Morgan fingerprint density at radius 1 is 1.10 bits per heavy atom. The van der Waals surface area contributed by atoms with Crippen molar-refractivity contribution < 1.29 is 4.74 Å². The Kier molecular flexibility index (Phi) is 4.15. The van der Waals surface area contributed by atoms with E-state index in [1.807, 2.05) is 0 Å². The molecule has 0 bridgehead atoms. The third-order valence-electron chi connectivity index (χ3n) is 3.77. The maximum atomic E-state index is 5.81. The average Bonchev–Trinajstić information content (AvgIpc) is 2.49. The van der Waals surface area contributed by atoms with Gasteiger partial charge in [-0.1, -0.05) is 0 Å². The monoisotopic (exact) mass is 278 g/mol. The van der Waals surface area contributed by atoms with Crippen LogP contribution in [0.1, 0.15) is 32.1 Å². The second-order valence-electron chi connectivity index (χ2n) is 5.42. The van der Waals surface area contributed by atoms with Gasteiger partial charge in [0.2, 0.25) is 17.8 Å². The number of ether oxygens (including phenoxy) is 1. The van der Waals surface area contributed by atoms with E-state index in [0.717, 1.165) is 32.5 Å². The standard InChI is InChI=1S/C13H22N6O/c14-11-16-12(15-10-5-4-8-20-9-10)18-13(17-11)19-6-2-1-3-7-19/h10H,1-9H2,(H3,14,15,16,17,18). The van der Waals surface area contributed by atoms with Gasteiger partial charge in [0.05, 0.1) is 12.6 Å². The lowest BCUT2D eigenvalue weighted by Crippen LogP contribution is -2.33. The number of nitrogens with one attached hydrogen (secondary N) is 1. The molecule has 0 radical (unpaired) electrons. The minimum Gasteiger partial charge on any atom is -0.379 e. The molecule has 0 aromatic carbocycles. The average molecular weight is 278 g/mol. The zero-order chi connectivity index (χ0) is 13.8. The molecule has 2 saturated heterocycles. The molecule has 2 aliphatic rings. The highest BCUT2D eigenvalue weighted by Gasteiger charge is 2.18. The summed E-state index contributed by atoms with van der Waals surface area (Å²) in [6.45, 7) is 3.53. The van der Waals surface area contributed by atoms with Crippen molar-refractivity contribution in [2.45, 2.75) is 38.1 Å². The second-order valence-corrected chi connectivity index (χ2v) is 5.42. The van der Waals surface area contributed by atoms with Gasteiger partial charge < -0.3 is 20.7 Å². The van der Waals surface area contributed by atoms with Crippen LogP contribution in [0, 0.1) is 0 Å². The Morgan fingerprint density at radius 3 is 2.70 bits per heavy atom. The molecule has 110 valence electrons. The van der Waals surface area contributed by atoms with Crippen molar-refractivity contribution in [1.29, 1.82) is 0 Å². The summed E-state index contributed by atoms with van der Waals surface area (Å²) in [5.41, 5.74) is 5.81. The fourth-order valence-corrected chi connectivity index (χ4v) is 2.72. The first-order valence-electron chi connectivity index (χ1n) is 7.42. The Bertz CT molecular complexity index is 442. The van der Waals surface area contributed by atoms with Crippen molar-refractivity contribution in [1.82, 2.24) is 15.0 Å². The number of nitrogens with two attached hydrogens (primary N) is 1. The SMILES string of the molecule is Nc1nc(NC2CCCOC2)nc(N2CCCCC2)n1. The molecule has 0 aliphatic carbocycles. The third kappa shape index (κ3) is 3.27. The van der Waals surface area contributed by atoms with Gasteiger partial charge in [-0.05, 0) is 32.1 Å². The highest BCUT2D eigenvalue weighted by molar-refractivity contribution is 5.42. The van der Waals surface area contributed by atoms with E-state index in [1.165, 1.54) is 19.3 Å². The number of nitrogen functional groups attached to an aromatic ring is 1. The lowest BCUT2D eigenvalue weighted by molar-refractivity contribution is 0.0874. The summed E-state index contributed by atoms with van der Waals surface area (Å²) in [5.74, 6) is 1.53. The lowest BCUT2D eigenvalue weighted by Gasteiger charge is -2.27. The first-order valence-corrected chi connectivity index (χ1v) is 7.42. The van der Waals surface area contributed by atoms with Crippen LogP contribution in [0.3, 0.4) is 0 Å². The first kappa shape index (κ1) is 13.4. The molecule has 20 heavy (non-hydrogen) atoms. The van der Waals surface area contributed by atoms with Gasteiger partial charge in [-0.3, -0.25) is 0 Å². The molecule has 0 saturated carbocycles. The topological polar surface area (TPSA) is 89.2 Å². The first-order chi connectivity index (χ1) is 9.81. The van der Waals surface area contributed by atoms with Crippen LogP contribution in [0.5, 0.6) is 0 Å². The van der Waals surface area contributed by atoms with Crippen LogP contribution in [0.4, 0.5) is 17.8 Å². The second kappa shape index (κ2) is 6.21. The van der Waals surface area contributed by atoms with E-state index >= 15 is 0 Å². The summed E-state index contributed by atoms with van der Waals surface area (Å²) < 4.78 is 5.46. The predicted molar refractivity (Wildman–Crippen MR) is 77.8 cm³/mol.